The Hall–Kier alpha value is -5.19. The van der Waals surface area contributed by atoms with E-state index in [0.717, 1.165) is 6.07 Å². The van der Waals surface area contributed by atoms with Crippen molar-refractivity contribution in [3.63, 3.8) is 0 Å². The maximum absolute atomic E-state index is 15.3. The van der Waals surface area contributed by atoms with Crippen molar-refractivity contribution < 1.29 is 27.9 Å². The van der Waals surface area contributed by atoms with Gasteiger partial charge in [0.05, 0.1) is 34.7 Å². The molecule has 2 aromatic carbocycles. The third-order valence-corrected chi connectivity index (χ3v) is 6.59. The van der Waals surface area contributed by atoms with Crippen LogP contribution in [0.5, 0.6) is 0 Å². The van der Waals surface area contributed by atoms with Crippen LogP contribution < -0.4 is 10.9 Å². The molecule has 0 aliphatic heterocycles. The number of amides is 1. The van der Waals surface area contributed by atoms with Crippen LogP contribution in [-0.2, 0) is 6.54 Å². The summed E-state index contributed by atoms with van der Waals surface area (Å²) in [5, 5.41) is 13.6. The van der Waals surface area contributed by atoms with Crippen molar-refractivity contribution in [1.82, 2.24) is 19.9 Å². The zero-order chi connectivity index (χ0) is 26.7. The lowest BCUT2D eigenvalue weighted by atomic mass is 10.0. The van der Waals surface area contributed by atoms with E-state index in [4.69, 9.17) is 4.42 Å². The van der Waals surface area contributed by atoms with E-state index in [0.29, 0.717) is 10.9 Å². The van der Waals surface area contributed by atoms with Crippen LogP contribution in [0.1, 0.15) is 26.5 Å². The first-order valence-electron chi connectivity index (χ1n) is 11.4. The van der Waals surface area contributed by atoms with Gasteiger partial charge in [0.1, 0.15) is 28.6 Å². The minimum atomic E-state index is -1.40. The molecule has 0 unspecified atom stereocenters. The summed E-state index contributed by atoms with van der Waals surface area (Å²) in [6.45, 7) is -0.315. The minimum absolute atomic E-state index is 0.0255. The average molecular weight is 516 g/mol. The van der Waals surface area contributed by atoms with Crippen LogP contribution in [0.15, 0.2) is 64.1 Å². The van der Waals surface area contributed by atoms with E-state index in [2.05, 4.69) is 15.3 Å². The number of rotatable bonds is 5. The van der Waals surface area contributed by atoms with E-state index in [1.807, 2.05) is 0 Å². The van der Waals surface area contributed by atoms with Gasteiger partial charge in [-0.15, -0.1) is 0 Å². The molecule has 0 aliphatic carbocycles. The van der Waals surface area contributed by atoms with Crippen molar-refractivity contribution in [2.45, 2.75) is 6.54 Å². The number of aromatic amines is 2. The number of carbonyl (C=O) groups excluding carboxylic acids is 1. The quantitative estimate of drug-likeness (QED) is 0.266. The smallest absolute Gasteiger partial charge is 0.353 e. The lowest BCUT2D eigenvalue weighted by Gasteiger charge is -2.11. The predicted molar refractivity (Wildman–Crippen MR) is 135 cm³/mol. The van der Waals surface area contributed by atoms with E-state index in [1.165, 1.54) is 60.5 Å². The molecule has 0 bridgehead atoms. The van der Waals surface area contributed by atoms with Crippen LogP contribution in [0.2, 0.25) is 0 Å². The van der Waals surface area contributed by atoms with Gasteiger partial charge in [0.25, 0.3) is 11.5 Å². The number of pyridine rings is 1. The highest BCUT2D eigenvalue weighted by Gasteiger charge is 2.29. The zero-order valence-electron chi connectivity index (χ0n) is 19.7. The number of aromatic nitrogens is 3. The second kappa shape index (κ2) is 8.44. The van der Waals surface area contributed by atoms with Gasteiger partial charge in [-0.05, 0) is 42.5 Å². The Morgan fingerprint density at radius 1 is 1.13 bits per heavy atom. The summed E-state index contributed by atoms with van der Waals surface area (Å²) >= 11 is 0. The SMILES string of the molecule is CNC(=O)c1cc2cc(F)c(Cn3c(C(=O)O)c(-c4ccc[nH]c4=O)c4c5occc5c(F)cc43)cc2[nH]1. The maximum atomic E-state index is 15.3. The minimum Gasteiger partial charge on any atom is -0.477 e. The number of benzene rings is 2. The van der Waals surface area contributed by atoms with Crippen molar-refractivity contribution in [3.05, 3.63) is 93.9 Å². The Labute approximate surface area is 211 Å². The van der Waals surface area contributed by atoms with Crippen LogP contribution in [0, 0.1) is 11.6 Å². The molecule has 11 heteroatoms. The number of nitrogens with zero attached hydrogens (tertiary/aromatic N) is 1. The number of nitrogens with one attached hydrogen (secondary N) is 3. The third kappa shape index (κ3) is 3.39. The summed E-state index contributed by atoms with van der Waals surface area (Å²) in [5.74, 6) is -3.11. The number of carboxylic acids is 1. The monoisotopic (exact) mass is 516 g/mol. The van der Waals surface area contributed by atoms with Crippen LogP contribution in [0.4, 0.5) is 8.78 Å². The van der Waals surface area contributed by atoms with E-state index < -0.39 is 23.2 Å². The predicted octanol–water partition coefficient (Wildman–Crippen LogP) is 4.61. The van der Waals surface area contributed by atoms with Crippen molar-refractivity contribution in [2.24, 2.45) is 0 Å². The molecule has 6 aromatic rings. The van der Waals surface area contributed by atoms with Gasteiger partial charge in [0.2, 0.25) is 0 Å². The first-order chi connectivity index (χ1) is 18.3. The molecule has 4 aromatic heterocycles. The number of halogens is 2. The second-order valence-electron chi connectivity index (χ2n) is 8.74. The molecule has 0 atom stereocenters. The Bertz CT molecular complexity index is 2000. The van der Waals surface area contributed by atoms with Crippen molar-refractivity contribution in [2.75, 3.05) is 7.05 Å². The Balaban J connectivity index is 1.66. The first kappa shape index (κ1) is 23.2. The van der Waals surface area contributed by atoms with Gasteiger partial charge in [0, 0.05) is 35.3 Å². The number of hydrogen-bond acceptors (Lipinski definition) is 4. The van der Waals surface area contributed by atoms with Gasteiger partial charge in [0.15, 0.2) is 0 Å². The highest BCUT2D eigenvalue weighted by Crippen LogP contribution is 2.40. The van der Waals surface area contributed by atoms with Gasteiger partial charge in [-0.25, -0.2) is 13.6 Å². The fraction of sp³-hybridized carbons (Fsp3) is 0.0741. The summed E-state index contributed by atoms with van der Waals surface area (Å²) in [6, 6.07) is 9.74. The highest BCUT2D eigenvalue weighted by atomic mass is 19.1. The Kier molecular flexibility index (Phi) is 5.16. The van der Waals surface area contributed by atoms with E-state index >= 15 is 8.78 Å². The van der Waals surface area contributed by atoms with Gasteiger partial charge >= 0.3 is 5.97 Å². The number of furan rings is 1. The second-order valence-corrected chi connectivity index (χ2v) is 8.74. The first-order valence-corrected chi connectivity index (χ1v) is 11.4. The third-order valence-electron chi connectivity index (χ3n) is 6.59. The largest absolute Gasteiger partial charge is 0.477 e. The molecule has 0 radical (unpaired) electrons. The van der Waals surface area contributed by atoms with Gasteiger partial charge in [-0.3, -0.25) is 9.59 Å². The van der Waals surface area contributed by atoms with Crippen LogP contribution in [0.3, 0.4) is 0 Å². The van der Waals surface area contributed by atoms with Crippen molar-refractivity contribution in [1.29, 1.82) is 0 Å². The number of carbonyl (C=O) groups is 2. The van der Waals surface area contributed by atoms with Crippen LogP contribution in [0.25, 0.3) is 43.9 Å². The number of carboxylic acid groups (broad SMARTS) is 1. The normalized spacial score (nSPS) is 11.6. The molecule has 0 saturated carbocycles. The topological polar surface area (TPSA) is 133 Å². The number of aromatic carboxylic acids is 1. The fourth-order valence-electron chi connectivity index (χ4n) is 4.92. The van der Waals surface area contributed by atoms with Crippen LogP contribution in [-0.4, -0.2) is 38.6 Å². The van der Waals surface area contributed by atoms with E-state index in [-0.39, 0.29) is 62.4 Å². The Morgan fingerprint density at radius 3 is 2.68 bits per heavy atom. The van der Waals surface area contributed by atoms with Crippen molar-refractivity contribution >= 4 is 44.7 Å². The molecule has 0 saturated heterocycles. The summed E-state index contributed by atoms with van der Waals surface area (Å²) in [7, 11) is 1.47. The summed E-state index contributed by atoms with van der Waals surface area (Å²) in [5.41, 5.74) is 0.0995. The van der Waals surface area contributed by atoms with Crippen molar-refractivity contribution in [3.8, 4) is 11.1 Å². The highest BCUT2D eigenvalue weighted by molar-refractivity contribution is 6.17. The zero-order valence-corrected chi connectivity index (χ0v) is 19.7. The van der Waals surface area contributed by atoms with Crippen LogP contribution >= 0.6 is 0 Å². The molecule has 38 heavy (non-hydrogen) atoms. The molecular formula is C27H18F2N4O5. The average Bonchev–Trinajstić information content (AvgIpc) is 3.60. The molecule has 4 N–H and O–H groups in total. The van der Waals surface area contributed by atoms with E-state index in [9.17, 15) is 19.5 Å². The fourth-order valence-corrected chi connectivity index (χ4v) is 4.92. The number of fused-ring (bicyclic) bond motifs is 4. The molecule has 4 heterocycles. The number of hydrogen-bond donors (Lipinski definition) is 4. The summed E-state index contributed by atoms with van der Waals surface area (Å²) in [6.07, 6.45) is 2.68. The Morgan fingerprint density at radius 2 is 1.95 bits per heavy atom. The molecule has 0 fully saturated rings. The van der Waals surface area contributed by atoms with Gasteiger partial charge in [-0.2, -0.15) is 0 Å². The molecule has 0 aliphatic rings. The lowest BCUT2D eigenvalue weighted by molar-refractivity contribution is 0.0686. The molecule has 9 nitrogen and oxygen atoms in total. The number of H-pyrrole nitrogens is 2. The molecule has 190 valence electrons. The van der Waals surface area contributed by atoms with E-state index in [1.54, 1.807) is 0 Å². The standard InChI is InChI=1S/C27H18F2N4O5/c1-30-26(35)19-8-12-7-16(28)13(9-18(12)32-19)11-33-20-10-17(29)14-4-6-38-24(14)22(20)21(23(33)27(36)37)15-3-2-5-31-25(15)34/h2-10,32H,11H2,1H3,(H,30,35)(H,31,34)(H,36,37). The summed E-state index contributed by atoms with van der Waals surface area (Å²) in [4.78, 5) is 42.9. The lowest BCUT2D eigenvalue weighted by Crippen LogP contribution is -2.17. The molecular weight excluding hydrogens is 498 g/mol. The molecule has 1 amide bonds. The molecule has 0 spiro atoms. The summed E-state index contributed by atoms with van der Waals surface area (Å²) < 4.78 is 37.2. The van der Waals surface area contributed by atoms with Gasteiger partial charge < -0.3 is 29.4 Å². The molecule has 6 rings (SSSR count). The van der Waals surface area contributed by atoms with Gasteiger partial charge in [-0.1, -0.05) is 0 Å². The maximum Gasteiger partial charge on any atom is 0.353 e.